The minimum atomic E-state index is -0.740. The zero-order valence-corrected chi connectivity index (χ0v) is 24.0. The highest BCUT2D eigenvalue weighted by atomic mass is 19.1. The van der Waals surface area contributed by atoms with Crippen LogP contribution in [0.15, 0.2) is 65.3 Å². The van der Waals surface area contributed by atoms with Crippen LogP contribution in [-0.4, -0.2) is 79.0 Å². The van der Waals surface area contributed by atoms with Gasteiger partial charge >= 0.3 is 0 Å². The fourth-order valence-corrected chi connectivity index (χ4v) is 3.63. The molecular weight excluding hydrogens is 517 g/mol. The van der Waals surface area contributed by atoms with Gasteiger partial charge < -0.3 is 25.3 Å². The molecule has 0 bridgehead atoms. The van der Waals surface area contributed by atoms with Gasteiger partial charge in [-0.1, -0.05) is 38.2 Å². The summed E-state index contributed by atoms with van der Waals surface area (Å²) in [7, 11) is 0. The molecule has 3 N–H and O–H groups in total. The Morgan fingerprint density at radius 3 is 2.75 bits per heavy atom. The number of pyridine rings is 1. The van der Waals surface area contributed by atoms with Gasteiger partial charge in [0.25, 0.3) is 5.91 Å². The number of hydrogen-bond acceptors (Lipinski definition) is 8. The predicted octanol–water partition coefficient (Wildman–Crippen LogP) is 3.54. The Hall–Kier alpha value is -3.54. The van der Waals surface area contributed by atoms with Crippen molar-refractivity contribution in [3.05, 3.63) is 77.0 Å². The second kappa shape index (κ2) is 20.4. The van der Waals surface area contributed by atoms with Gasteiger partial charge in [0.05, 0.1) is 44.6 Å². The molecule has 2 aliphatic heterocycles. The second-order valence-corrected chi connectivity index (χ2v) is 8.42. The molecule has 2 unspecified atom stereocenters. The Kier molecular flexibility index (Phi) is 17.6. The van der Waals surface area contributed by atoms with E-state index in [0.29, 0.717) is 51.6 Å². The first-order valence-electron chi connectivity index (χ1n) is 13.5. The normalized spacial score (nSPS) is 18.0. The SMILES string of the molecule is C/C=C\C=NCC.C=CC(C=C/C=C/F)CNC(=O)c1cn2c(c(O)c1=O)CN(CC1COCCO1)CN2.CC. The van der Waals surface area contributed by atoms with Gasteiger partial charge in [-0.2, -0.15) is 0 Å². The number of nitrogens with one attached hydrogen (secondary N) is 2. The molecule has 10 nitrogen and oxygen atoms in total. The summed E-state index contributed by atoms with van der Waals surface area (Å²) in [5.41, 5.74) is 2.52. The zero-order chi connectivity index (χ0) is 29.8. The van der Waals surface area contributed by atoms with E-state index in [9.17, 15) is 19.1 Å². The summed E-state index contributed by atoms with van der Waals surface area (Å²) >= 11 is 0. The number of aromatic hydroxyl groups is 1. The highest BCUT2D eigenvalue weighted by Gasteiger charge is 2.26. The van der Waals surface area contributed by atoms with E-state index in [1.165, 1.54) is 23.0 Å². The van der Waals surface area contributed by atoms with Crippen LogP contribution in [-0.2, 0) is 16.0 Å². The van der Waals surface area contributed by atoms with Crippen molar-refractivity contribution in [2.45, 2.75) is 40.3 Å². The number of ether oxygens (including phenoxy) is 2. The lowest BCUT2D eigenvalue weighted by Gasteiger charge is -2.35. The van der Waals surface area contributed by atoms with Crippen LogP contribution in [0.4, 0.5) is 4.39 Å². The van der Waals surface area contributed by atoms with Gasteiger partial charge in [0.2, 0.25) is 5.43 Å². The van der Waals surface area contributed by atoms with Gasteiger partial charge in [0.1, 0.15) is 5.56 Å². The Labute approximate surface area is 236 Å². The molecule has 40 heavy (non-hydrogen) atoms. The van der Waals surface area contributed by atoms with Gasteiger partial charge in [0.15, 0.2) is 5.75 Å². The Balaban J connectivity index is 0.000000775. The molecule has 3 heterocycles. The Bertz CT molecular complexity index is 1080. The molecule has 11 heteroatoms. The van der Waals surface area contributed by atoms with Crippen molar-refractivity contribution in [1.29, 1.82) is 0 Å². The molecule has 1 saturated heterocycles. The van der Waals surface area contributed by atoms with Crippen LogP contribution in [0.25, 0.3) is 0 Å². The maximum absolute atomic E-state index is 12.6. The molecular formula is C29H44FN5O5. The van der Waals surface area contributed by atoms with Crippen molar-refractivity contribution in [3.8, 4) is 5.75 Å². The van der Waals surface area contributed by atoms with Crippen molar-refractivity contribution < 1.29 is 23.8 Å². The smallest absolute Gasteiger partial charge is 0.257 e. The standard InChI is InChI=1S/C21H27FN4O5.C6H11N.C2H6/c1-2-15(5-3-4-6-22)9-23-21(29)17-11-26-18(20(28)19(17)27)12-25(14-24-26)10-16-13-30-7-8-31-16;1-3-5-6-7-4-2;1-2/h2-6,11,15-16,24,28H,1,7-10,12-14H2,(H,23,29);3,5-6H,4H2,1-2H3;1-2H3/b5-3?,6-4+;5-3-,7-6?;. The van der Waals surface area contributed by atoms with Crippen LogP contribution in [0, 0.1) is 5.92 Å². The molecule has 3 rings (SSSR count). The summed E-state index contributed by atoms with van der Waals surface area (Å²) in [4.78, 5) is 31.1. The first-order valence-corrected chi connectivity index (χ1v) is 13.5. The van der Waals surface area contributed by atoms with E-state index in [1.54, 1.807) is 18.4 Å². The number of nitrogens with zero attached hydrogens (tertiary/aromatic N) is 3. The molecule has 222 valence electrons. The van der Waals surface area contributed by atoms with Crippen molar-refractivity contribution in [2.75, 3.05) is 51.5 Å². The second-order valence-electron chi connectivity index (χ2n) is 8.42. The number of halogens is 1. The van der Waals surface area contributed by atoms with Crippen LogP contribution >= 0.6 is 0 Å². The van der Waals surface area contributed by atoms with Crippen LogP contribution in [0.1, 0.15) is 43.7 Å². The number of carbonyl (C=O) groups excluding carboxylic acids is 1. The van der Waals surface area contributed by atoms with E-state index in [1.807, 2.05) is 44.7 Å². The fraction of sp³-hybridized carbons (Fsp3) is 0.483. The fourth-order valence-electron chi connectivity index (χ4n) is 3.63. The van der Waals surface area contributed by atoms with E-state index in [2.05, 4.69) is 22.3 Å². The van der Waals surface area contributed by atoms with Crippen LogP contribution in [0.2, 0.25) is 0 Å². The van der Waals surface area contributed by atoms with Crippen LogP contribution in [0.5, 0.6) is 5.75 Å². The molecule has 1 aromatic heterocycles. The summed E-state index contributed by atoms with van der Waals surface area (Å²) < 4.78 is 24.6. The largest absolute Gasteiger partial charge is 0.503 e. The topological polar surface area (TPSA) is 117 Å². The Morgan fingerprint density at radius 2 is 2.12 bits per heavy atom. The number of carbonyl (C=O) groups is 1. The quantitative estimate of drug-likeness (QED) is 0.227. The molecule has 1 aromatic rings. The molecule has 2 atom stereocenters. The molecule has 1 amide bonds. The van der Waals surface area contributed by atoms with Crippen molar-refractivity contribution in [3.63, 3.8) is 0 Å². The number of hydrogen-bond donors (Lipinski definition) is 3. The number of amides is 1. The van der Waals surface area contributed by atoms with E-state index in [0.717, 1.165) is 6.54 Å². The summed E-state index contributed by atoms with van der Waals surface area (Å²) in [6.07, 6.45) is 13.4. The Morgan fingerprint density at radius 1 is 1.35 bits per heavy atom. The average molecular weight is 562 g/mol. The first kappa shape index (κ1) is 34.5. The van der Waals surface area contributed by atoms with Gasteiger partial charge in [-0.3, -0.25) is 24.2 Å². The molecule has 0 aliphatic carbocycles. The number of fused-ring (bicyclic) bond motifs is 1. The maximum atomic E-state index is 12.6. The van der Waals surface area contributed by atoms with Crippen LogP contribution in [0.3, 0.4) is 0 Å². The number of aromatic nitrogens is 1. The van der Waals surface area contributed by atoms with Gasteiger partial charge in [-0.05, 0) is 26.0 Å². The van der Waals surface area contributed by atoms with E-state index in [-0.39, 0.29) is 24.1 Å². The summed E-state index contributed by atoms with van der Waals surface area (Å²) in [6, 6.07) is 0. The minimum Gasteiger partial charge on any atom is -0.503 e. The zero-order valence-electron chi connectivity index (χ0n) is 24.0. The predicted molar refractivity (Wildman–Crippen MR) is 158 cm³/mol. The van der Waals surface area contributed by atoms with E-state index < -0.39 is 17.1 Å². The third kappa shape index (κ3) is 11.7. The number of aliphatic imine (C=N–C) groups is 1. The lowest BCUT2D eigenvalue weighted by Crippen LogP contribution is -2.47. The van der Waals surface area contributed by atoms with Crippen molar-refractivity contribution >= 4 is 12.1 Å². The monoisotopic (exact) mass is 561 g/mol. The third-order valence-corrected chi connectivity index (χ3v) is 5.62. The third-order valence-electron chi connectivity index (χ3n) is 5.62. The van der Waals surface area contributed by atoms with E-state index in [4.69, 9.17) is 9.47 Å². The lowest BCUT2D eigenvalue weighted by atomic mass is 10.1. The summed E-state index contributed by atoms with van der Waals surface area (Å²) in [6.45, 7) is 15.7. The molecule has 0 spiro atoms. The minimum absolute atomic E-state index is 0.0757. The van der Waals surface area contributed by atoms with Gasteiger partial charge in [-0.15, -0.1) is 6.58 Å². The molecule has 0 aromatic carbocycles. The van der Waals surface area contributed by atoms with E-state index >= 15 is 0 Å². The first-order chi connectivity index (χ1) is 19.4. The van der Waals surface area contributed by atoms with Crippen LogP contribution < -0.4 is 16.2 Å². The maximum Gasteiger partial charge on any atom is 0.257 e. The van der Waals surface area contributed by atoms with Gasteiger partial charge in [-0.25, -0.2) is 4.39 Å². The summed E-state index contributed by atoms with van der Waals surface area (Å²) in [5, 5.41) is 13.1. The van der Waals surface area contributed by atoms with Crippen molar-refractivity contribution in [1.82, 2.24) is 14.9 Å². The molecule has 0 saturated carbocycles. The van der Waals surface area contributed by atoms with Gasteiger partial charge in [0, 0.05) is 44.5 Å². The molecule has 1 fully saturated rings. The average Bonchev–Trinajstić information content (AvgIpc) is 2.99. The lowest BCUT2D eigenvalue weighted by molar-refractivity contribution is -0.0985. The molecule has 0 radical (unpaired) electrons. The number of allylic oxidation sites excluding steroid dienone is 4. The highest BCUT2D eigenvalue weighted by Crippen LogP contribution is 2.19. The highest BCUT2D eigenvalue weighted by molar-refractivity contribution is 5.94. The molecule has 2 aliphatic rings. The number of rotatable bonds is 10. The van der Waals surface area contributed by atoms with Crippen molar-refractivity contribution in [2.24, 2.45) is 10.9 Å². The summed E-state index contributed by atoms with van der Waals surface area (Å²) in [5.74, 6) is -1.33.